The van der Waals surface area contributed by atoms with Gasteiger partial charge < -0.3 is 5.32 Å². The Morgan fingerprint density at radius 2 is 2.08 bits per heavy atom. The van der Waals surface area contributed by atoms with Crippen molar-refractivity contribution in [2.24, 2.45) is 0 Å². The van der Waals surface area contributed by atoms with Crippen LogP contribution in [0.4, 0.5) is 5.69 Å². The van der Waals surface area contributed by atoms with Crippen LogP contribution in [0.1, 0.15) is 11.4 Å². The molecule has 0 atom stereocenters. The number of fused-ring (bicyclic) bond motifs is 1. The van der Waals surface area contributed by atoms with Gasteiger partial charge in [-0.15, -0.1) is 0 Å². The van der Waals surface area contributed by atoms with E-state index in [1.54, 1.807) is 43.5 Å². The van der Waals surface area contributed by atoms with Crippen LogP contribution < -0.4 is 10.9 Å². The maximum absolute atomic E-state index is 12.6. The predicted octanol–water partition coefficient (Wildman–Crippen LogP) is 2.52. The molecule has 0 saturated carbocycles. The highest BCUT2D eigenvalue weighted by Crippen LogP contribution is 2.19. The number of amides is 1. The molecule has 1 N–H and O–H groups in total. The fourth-order valence-electron chi connectivity index (χ4n) is 2.50. The zero-order valence-electron chi connectivity index (χ0n) is 13.4. The normalized spacial score (nSPS) is 10.6. The number of nitrogens with zero attached hydrogens (tertiary/aromatic N) is 3. The van der Waals surface area contributed by atoms with Crippen molar-refractivity contribution >= 4 is 22.6 Å². The van der Waals surface area contributed by atoms with Crippen LogP contribution in [0.3, 0.4) is 0 Å². The van der Waals surface area contributed by atoms with Gasteiger partial charge in [0.15, 0.2) is 5.65 Å². The monoisotopic (exact) mass is 320 g/mol. The lowest BCUT2D eigenvalue weighted by Gasteiger charge is -2.12. The number of aromatic nitrogens is 3. The molecule has 0 saturated heterocycles. The van der Waals surface area contributed by atoms with Gasteiger partial charge in [0.25, 0.3) is 5.56 Å². The number of nitrogens with one attached hydrogen (secondary N) is 1. The Balaban J connectivity index is 2.25. The highest BCUT2D eigenvalue weighted by atomic mass is 16.1. The van der Waals surface area contributed by atoms with Crippen molar-refractivity contribution in [1.29, 1.82) is 0 Å². The van der Waals surface area contributed by atoms with Crippen LogP contribution in [-0.2, 0) is 4.79 Å². The Bertz CT molecular complexity index is 1020. The minimum atomic E-state index is -0.313. The summed E-state index contributed by atoms with van der Waals surface area (Å²) in [4.78, 5) is 32.7. The Hall–Kier alpha value is -3.28. The molecule has 0 fully saturated rings. The van der Waals surface area contributed by atoms with Crippen LogP contribution in [0.5, 0.6) is 0 Å². The van der Waals surface area contributed by atoms with E-state index in [0.29, 0.717) is 22.8 Å². The minimum Gasteiger partial charge on any atom is -0.322 e. The van der Waals surface area contributed by atoms with E-state index < -0.39 is 0 Å². The van der Waals surface area contributed by atoms with E-state index in [2.05, 4.69) is 21.9 Å². The topological polar surface area (TPSA) is 76.9 Å². The number of carbonyl (C=O) groups is 1. The molecule has 0 radical (unpaired) electrons. The Kier molecular flexibility index (Phi) is 3.95. The highest BCUT2D eigenvalue weighted by molar-refractivity contribution is 5.99. The van der Waals surface area contributed by atoms with Crippen molar-refractivity contribution in [3.05, 3.63) is 70.9 Å². The summed E-state index contributed by atoms with van der Waals surface area (Å²) in [5, 5.41) is 3.49. The third-order valence-corrected chi connectivity index (χ3v) is 3.64. The summed E-state index contributed by atoms with van der Waals surface area (Å²) in [6.07, 6.45) is 2.91. The molecule has 6 nitrogen and oxygen atoms in total. The van der Waals surface area contributed by atoms with E-state index in [1.165, 1.54) is 10.6 Å². The fourth-order valence-corrected chi connectivity index (χ4v) is 2.50. The smallest absolute Gasteiger partial charge is 0.257 e. The first kappa shape index (κ1) is 15.6. The second kappa shape index (κ2) is 6.08. The van der Waals surface area contributed by atoms with Gasteiger partial charge in [-0.25, -0.2) is 9.97 Å². The van der Waals surface area contributed by atoms with Crippen molar-refractivity contribution < 1.29 is 4.79 Å². The molecule has 24 heavy (non-hydrogen) atoms. The van der Waals surface area contributed by atoms with Gasteiger partial charge in [-0.05, 0) is 43.7 Å². The second-order valence-electron chi connectivity index (χ2n) is 5.40. The van der Waals surface area contributed by atoms with Gasteiger partial charge >= 0.3 is 0 Å². The molecule has 0 aliphatic heterocycles. The molecular formula is C18H16N4O2. The van der Waals surface area contributed by atoms with Crippen molar-refractivity contribution in [3.8, 4) is 5.69 Å². The van der Waals surface area contributed by atoms with Crippen LogP contribution in [0.15, 0.2) is 54.0 Å². The second-order valence-corrected chi connectivity index (χ2v) is 5.40. The lowest BCUT2D eigenvalue weighted by atomic mass is 10.2. The average molecular weight is 320 g/mol. The molecule has 0 aliphatic rings. The van der Waals surface area contributed by atoms with Crippen LogP contribution in [0, 0.1) is 13.8 Å². The first-order valence-corrected chi connectivity index (χ1v) is 7.39. The summed E-state index contributed by atoms with van der Waals surface area (Å²) in [6, 6.07) is 8.56. The van der Waals surface area contributed by atoms with Crippen LogP contribution in [0.25, 0.3) is 16.7 Å². The Labute approximate surface area is 138 Å². The standard InChI is InChI=1S/C18H16N4O2/c1-4-16(23)21-13-6-5-7-14(9-13)22-17(24)8-11(2)15-10-19-12(3)20-18(15)22/h4-10H,1H2,2-3H3,(H,21,23). The maximum Gasteiger partial charge on any atom is 0.257 e. The zero-order valence-corrected chi connectivity index (χ0v) is 13.4. The number of hydrogen-bond acceptors (Lipinski definition) is 4. The average Bonchev–Trinajstić information content (AvgIpc) is 2.54. The SMILES string of the molecule is C=CC(=O)Nc1cccc(-n2c(=O)cc(C)c3cnc(C)nc32)c1. The van der Waals surface area contributed by atoms with Crippen molar-refractivity contribution in [1.82, 2.24) is 14.5 Å². The minimum absolute atomic E-state index is 0.190. The van der Waals surface area contributed by atoms with Crippen molar-refractivity contribution in [2.75, 3.05) is 5.32 Å². The molecule has 0 bridgehead atoms. The number of carbonyl (C=O) groups excluding carboxylic acids is 1. The first-order chi connectivity index (χ1) is 11.5. The molecule has 6 heteroatoms. The van der Waals surface area contributed by atoms with E-state index >= 15 is 0 Å². The number of aryl methyl sites for hydroxylation is 2. The highest BCUT2D eigenvalue weighted by Gasteiger charge is 2.11. The van der Waals surface area contributed by atoms with E-state index in [-0.39, 0.29) is 11.5 Å². The lowest BCUT2D eigenvalue weighted by Crippen LogP contribution is -2.20. The third kappa shape index (κ3) is 2.81. The number of pyridine rings is 1. The summed E-state index contributed by atoms with van der Waals surface area (Å²) in [6.45, 7) is 7.06. The summed E-state index contributed by atoms with van der Waals surface area (Å²) < 4.78 is 1.51. The quantitative estimate of drug-likeness (QED) is 0.752. The molecule has 3 aromatic rings. The summed E-state index contributed by atoms with van der Waals surface area (Å²) >= 11 is 0. The van der Waals surface area contributed by atoms with Gasteiger partial charge in [0, 0.05) is 23.3 Å². The maximum atomic E-state index is 12.6. The van der Waals surface area contributed by atoms with Crippen LogP contribution in [-0.4, -0.2) is 20.4 Å². The number of rotatable bonds is 3. The van der Waals surface area contributed by atoms with E-state index in [4.69, 9.17) is 0 Å². The van der Waals surface area contributed by atoms with Gasteiger partial charge in [-0.3, -0.25) is 14.2 Å². The lowest BCUT2D eigenvalue weighted by molar-refractivity contribution is -0.111. The molecule has 0 spiro atoms. The van der Waals surface area contributed by atoms with Crippen LogP contribution in [0.2, 0.25) is 0 Å². The van der Waals surface area contributed by atoms with E-state index in [1.807, 2.05) is 6.92 Å². The van der Waals surface area contributed by atoms with Crippen LogP contribution >= 0.6 is 0 Å². The number of hydrogen-bond donors (Lipinski definition) is 1. The van der Waals surface area contributed by atoms with Gasteiger partial charge in [-0.2, -0.15) is 0 Å². The number of anilines is 1. The predicted molar refractivity (Wildman–Crippen MR) is 93.4 cm³/mol. The molecular weight excluding hydrogens is 304 g/mol. The molecule has 1 amide bonds. The van der Waals surface area contributed by atoms with Gasteiger partial charge in [0.1, 0.15) is 5.82 Å². The third-order valence-electron chi connectivity index (χ3n) is 3.64. The molecule has 2 aromatic heterocycles. The Morgan fingerprint density at radius 3 is 2.83 bits per heavy atom. The fraction of sp³-hybridized carbons (Fsp3) is 0.111. The van der Waals surface area contributed by atoms with E-state index in [9.17, 15) is 9.59 Å². The number of benzene rings is 1. The molecule has 0 aliphatic carbocycles. The zero-order chi connectivity index (χ0) is 17.3. The largest absolute Gasteiger partial charge is 0.322 e. The molecule has 2 heterocycles. The molecule has 1 aromatic carbocycles. The van der Waals surface area contributed by atoms with Crippen molar-refractivity contribution in [2.45, 2.75) is 13.8 Å². The summed E-state index contributed by atoms with van der Waals surface area (Å²) in [5.74, 6) is 0.267. The molecule has 0 unspecified atom stereocenters. The Morgan fingerprint density at radius 1 is 1.29 bits per heavy atom. The van der Waals surface area contributed by atoms with Crippen molar-refractivity contribution in [3.63, 3.8) is 0 Å². The van der Waals surface area contributed by atoms with E-state index in [0.717, 1.165) is 10.9 Å². The first-order valence-electron chi connectivity index (χ1n) is 7.39. The molecule has 120 valence electrons. The summed E-state index contributed by atoms with van der Waals surface area (Å²) in [5.41, 5.74) is 2.36. The van der Waals surface area contributed by atoms with Gasteiger partial charge in [0.05, 0.1) is 5.69 Å². The van der Waals surface area contributed by atoms with Gasteiger partial charge in [-0.1, -0.05) is 12.6 Å². The van der Waals surface area contributed by atoms with Gasteiger partial charge in [0.2, 0.25) is 5.91 Å². The molecule has 3 rings (SSSR count). The summed E-state index contributed by atoms with van der Waals surface area (Å²) in [7, 11) is 0.